The van der Waals surface area contributed by atoms with Gasteiger partial charge in [0, 0.05) is 30.3 Å². The molecular weight excluding hydrogens is 266 g/mol. The van der Waals surface area contributed by atoms with Crippen molar-refractivity contribution >= 4 is 11.3 Å². The van der Waals surface area contributed by atoms with E-state index in [9.17, 15) is 0 Å². The second kappa shape index (κ2) is 6.24. The van der Waals surface area contributed by atoms with Crippen LogP contribution in [0.1, 0.15) is 54.1 Å². The first kappa shape index (κ1) is 14.0. The Bertz CT molecular complexity index is 498. The van der Waals surface area contributed by atoms with Crippen LogP contribution in [0.15, 0.2) is 0 Å². The Morgan fingerprint density at radius 1 is 1.40 bits per heavy atom. The summed E-state index contributed by atoms with van der Waals surface area (Å²) in [5.41, 5.74) is 1.25. The fourth-order valence-corrected chi connectivity index (χ4v) is 4.21. The maximum Gasteiger partial charge on any atom is 0.0944 e. The van der Waals surface area contributed by atoms with Gasteiger partial charge in [0.1, 0.15) is 0 Å². The van der Waals surface area contributed by atoms with Crippen molar-refractivity contribution in [2.45, 2.75) is 51.4 Å². The largest absolute Gasteiger partial charge is 0.303 e. The van der Waals surface area contributed by atoms with E-state index in [0.717, 1.165) is 18.9 Å². The lowest BCUT2D eigenvalue weighted by Crippen LogP contribution is -2.35. The third-order valence-electron chi connectivity index (χ3n) is 4.36. The van der Waals surface area contributed by atoms with Crippen LogP contribution >= 0.6 is 11.3 Å². The molecule has 4 heteroatoms. The minimum absolute atomic E-state index is 0.546. The van der Waals surface area contributed by atoms with Crippen molar-refractivity contribution in [3.63, 3.8) is 0 Å². The van der Waals surface area contributed by atoms with Crippen molar-refractivity contribution in [3.8, 4) is 6.07 Å². The van der Waals surface area contributed by atoms with E-state index < -0.39 is 0 Å². The quantitative estimate of drug-likeness (QED) is 0.834. The second-order valence-corrected chi connectivity index (χ2v) is 7.49. The average Bonchev–Trinajstić information content (AvgIpc) is 3.20. The Labute approximate surface area is 125 Å². The van der Waals surface area contributed by atoms with Crippen molar-refractivity contribution in [2.24, 2.45) is 5.92 Å². The van der Waals surface area contributed by atoms with Crippen LogP contribution in [0, 0.1) is 17.2 Å². The van der Waals surface area contributed by atoms with Crippen molar-refractivity contribution in [1.29, 1.82) is 5.26 Å². The smallest absolute Gasteiger partial charge is 0.0944 e. The number of piperidine rings is 1. The first-order chi connectivity index (χ1) is 9.76. The van der Waals surface area contributed by atoms with Gasteiger partial charge in [0.15, 0.2) is 0 Å². The van der Waals surface area contributed by atoms with Crippen LogP contribution in [0.5, 0.6) is 0 Å². The number of likely N-dealkylation sites (tertiary alicyclic amines) is 1. The minimum atomic E-state index is 0.546. The van der Waals surface area contributed by atoms with Gasteiger partial charge in [0.2, 0.25) is 0 Å². The summed E-state index contributed by atoms with van der Waals surface area (Å²) in [6, 6.07) is 2.29. The average molecular weight is 289 g/mol. The topological polar surface area (TPSA) is 39.9 Å². The van der Waals surface area contributed by atoms with Gasteiger partial charge in [-0.3, -0.25) is 0 Å². The Morgan fingerprint density at radius 2 is 2.25 bits per heavy atom. The van der Waals surface area contributed by atoms with Crippen molar-refractivity contribution in [2.75, 3.05) is 19.6 Å². The highest BCUT2D eigenvalue weighted by Gasteiger charge is 2.29. The molecule has 3 nitrogen and oxygen atoms in total. The monoisotopic (exact) mass is 289 g/mol. The van der Waals surface area contributed by atoms with E-state index in [4.69, 9.17) is 10.2 Å². The van der Waals surface area contributed by atoms with Gasteiger partial charge in [-0.1, -0.05) is 6.92 Å². The zero-order chi connectivity index (χ0) is 13.9. The summed E-state index contributed by atoms with van der Waals surface area (Å²) in [5, 5.41) is 10.2. The molecule has 0 aromatic carbocycles. The van der Waals surface area contributed by atoms with Gasteiger partial charge in [0.25, 0.3) is 0 Å². The van der Waals surface area contributed by atoms with Crippen LogP contribution < -0.4 is 0 Å². The predicted octanol–water partition coefficient (Wildman–Crippen LogP) is 3.36. The third kappa shape index (κ3) is 3.39. The molecule has 2 aliphatic rings. The predicted molar refractivity (Wildman–Crippen MR) is 81.9 cm³/mol. The van der Waals surface area contributed by atoms with E-state index in [0.29, 0.717) is 12.3 Å². The molecule has 1 saturated carbocycles. The Morgan fingerprint density at radius 3 is 2.95 bits per heavy atom. The zero-order valence-electron chi connectivity index (χ0n) is 12.3. The molecule has 1 aromatic rings. The first-order valence-corrected chi connectivity index (χ1v) is 8.65. The molecule has 0 amide bonds. The molecule has 2 heterocycles. The van der Waals surface area contributed by atoms with E-state index in [2.05, 4.69) is 17.9 Å². The number of hydrogen-bond donors (Lipinski definition) is 0. The summed E-state index contributed by atoms with van der Waals surface area (Å²) in [6.45, 7) is 5.97. The van der Waals surface area contributed by atoms with Gasteiger partial charge >= 0.3 is 0 Å². The van der Waals surface area contributed by atoms with Gasteiger partial charge in [-0.25, -0.2) is 4.98 Å². The van der Waals surface area contributed by atoms with Crippen molar-refractivity contribution < 1.29 is 0 Å². The number of nitrogens with zero attached hydrogens (tertiary/aromatic N) is 3. The van der Waals surface area contributed by atoms with Gasteiger partial charge in [-0.2, -0.15) is 5.26 Å². The highest BCUT2D eigenvalue weighted by Crippen LogP contribution is 2.42. The SMILES string of the molecule is CC1CCCN(CCc2nc(C3CC3)c(CC#N)s2)C1. The summed E-state index contributed by atoms with van der Waals surface area (Å²) < 4.78 is 0. The second-order valence-electron chi connectivity index (χ2n) is 6.32. The molecule has 0 N–H and O–H groups in total. The van der Waals surface area contributed by atoms with E-state index in [-0.39, 0.29) is 0 Å². The van der Waals surface area contributed by atoms with Gasteiger partial charge < -0.3 is 4.90 Å². The third-order valence-corrected chi connectivity index (χ3v) is 5.49. The van der Waals surface area contributed by atoms with Crippen LogP contribution in [0.4, 0.5) is 0 Å². The Kier molecular flexibility index (Phi) is 4.38. The minimum Gasteiger partial charge on any atom is -0.303 e. The molecule has 0 radical (unpaired) electrons. The molecule has 3 rings (SSSR count). The summed E-state index contributed by atoms with van der Waals surface area (Å²) in [4.78, 5) is 8.65. The molecule has 1 aliphatic heterocycles. The molecule has 0 spiro atoms. The van der Waals surface area contributed by atoms with Crippen LogP contribution in [0.3, 0.4) is 0 Å². The van der Waals surface area contributed by atoms with E-state index >= 15 is 0 Å². The van der Waals surface area contributed by atoms with Gasteiger partial charge in [0.05, 0.1) is 23.2 Å². The lowest BCUT2D eigenvalue weighted by molar-refractivity contribution is 0.186. The Balaban J connectivity index is 1.59. The fourth-order valence-electron chi connectivity index (χ4n) is 3.14. The number of rotatable bonds is 5. The lowest BCUT2D eigenvalue weighted by Gasteiger charge is -2.30. The molecule has 1 aromatic heterocycles. The summed E-state index contributed by atoms with van der Waals surface area (Å²) in [6.07, 6.45) is 6.86. The molecule has 2 fully saturated rings. The molecule has 1 atom stereocenters. The lowest BCUT2D eigenvalue weighted by atomic mass is 10.0. The maximum absolute atomic E-state index is 8.94. The number of thiazole rings is 1. The summed E-state index contributed by atoms with van der Waals surface area (Å²) >= 11 is 1.78. The molecule has 1 saturated heterocycles. The van der Waals surface area contributed by atoms with Gasteiger partial charge in [-0.15, -0.1) is 11.3 Å². The van der Waals surface area contributed by atoms with Crippen LogP contribution in [0.2, 0.25) is 0 Å². The maximum atomic E-state index is 8.94. The van der Waals surface area contributed by atoms with Crippen molar-refractivity contribution in [3.05, 3.63) is 15.6 Å². The standard InChI is InChI=1S/C16H23N3S/c1-12-3-2-9-19(11-12)10-7-15-18-16(13-4-5-13)14(20-15)6-8-17/h12-13H,2-7,9-11H2,1H3. The zero-order valence-corrected chi connectivity index (χ0v) is 13.1. The molecular formula is C16H23N3S. The Hall–Kier alpha value is -0.920. The summed E-state index contributed by atoms with van der Waals surface area (Å²) in [5.74, 6) is 1.51. The molecule has 20 heavy (non-hydrogen) atoms. The van der Waals surface area contributed by atoms with E-state index in [1.807, 2.05) is 0 Å². The van der Waals surface area contributed by atoms with Crippen LogP contribution in [-0.4, -0.2) is 29.5 Å². The molecule has 108 valence electrons. The first-order valence-electron chi connectivity index (χ1n) is 7.84. The van der Waals surface area contributed by atoms with Crippen LogP contribution in [-0.2, 0) is 12.8 Å². The molecule has 0 bridgehead atoms. The van der Waals surface area contributed by atoms with E-state index in [1.165, 1.54) is 54.4 Å². The normalized spacial score (nSPS) is 23.7. The number of nitriles is 1. The fraction of sp³-hybridized carbons (Fsp3) is 0.750. The highest BCUT2D eigenvalue weighted by atomic mass is 32.1. The van der Waals surface area contributed by atoms with Crippen LogP contribution in [0.25, 0.3) is 0 Å². The molecule has 1 aliphatic carbocycles. The number of hydrogen-bond acceptors (Lipinski definition) is 4. The number of aromatic nitrogens is 1. The van der Waals surface area contributed by atoms with Crippen molar-refractivity contribution in [1.82, 2.24) is 9.88 Å². The summed E-state index contributed by atoms with van der Waals surface area (Å²) in [7, 11) is 0. The van der Waals surface area contributed by atoms with Gasteiger partial charge in [-0.05, 0) is 38.1 Å². The highest BCUT2D eigenvalue weighted by molar-refractivity contribution is 7.11. The van der Waals surface area contributed by atoms with E-state index in [1.54, 1.807) is 11.3 Å². The molecule has 1 unspecified atom stereocenters.